The molecule has 3 atom stereocenters. The standard InChI is InChI=1S/C20H24N4O4/c1-11-15(16-14(27-4)6-5-8-23-16)17(28-20(11,2)3)19(26)24-12-7-9-22-13(10-12)18(21)25/h5-11,15,17H,1-4H3,(H2,21,25)(H,22,24,26)/t11-,15-,17+/m1/s1. The van der Waals surface area contributed by atoms with Crippen LogP contribution in [0.5, 0.6) is 5.75 Å². The molecule has 0 aliphatic carbocycles. The second-order valence-corrected chi connectivity index (χ2v) is 7.33. The molecule has 0 unspecified atom stereocenters. The Bertz CT molecular complexity index is 899. The Morgan fingerprint density at radius 1 is 1.25 bits per heavy atom. The summed E-state index contributed by atoms with van der Waals surface area (Å²) < 4.78 is 11.6. The lowest BCUT2D eigenvalue weighted by molar-refractivity contribution is -0.131. The summed E-state index contributed by atoms with van der Waals surface area (Å²) in [5.74, 6) is -0.691. The third-order valence-electron chi connectivity index (χ3n) is 5.27. The first-order valence-electron chi connectivity index (χ1n) is 8.98. The van der Waals surface area contributed by atoms with E-state index in [4.69, 9.17) is 15.2 Å². The number of nitrogens with one attached hydrogen (secondary N) is 1. The van der Waals surface area contributed by atoms with Gasteiger partial charge in [-0.2, -0.15) is 0 Å². The maximum Gasteiger partial charge on any atom is 0.267 e. The fraction of sp³-hybridized carbons (Fsp3) is 0.400. The molecule has 3 N–H and O–H groups in total. The molecule has 2 aromatic rings. The van der Waals surface area contributed by atoms with E-state index in [1.807, 2.05) is 26.8 Å². The lowest BCUT2D eigenvalue weighted by Crippen LogP contribution is -2.33. The summed E-state index contributed by atoms with van der Waals surface area (Å²) in [6.45, 7) is 5.93. The van der Waals surface area contributed by atoms with Gasteiger partial charge in [0.05, 0.1) is 18.4 Å². The van der Waals surface area contributed by atoms with Crippen LogP contribution in [-0.4, -0.2) is 40.6 Å². The number of pyridine rings is 2. The van der Waals surface area contributed by atoms with Gasteiger partial charge in [0.2, 0.25) is 0 Å². The van der Waals surface area contributed by atoms with Crippen molar-refractivity contribution in [2.24, 2.45) is 11.7 Å². The predicted molar refractivity (Wildman–Crippen MR) is 103 cm³/mol. The summed E-state index contributed by atoms with van der Waals surface area (Å²) in [5, 5.41) is 2.79. The van der Waals surface area contributed by atoms with Crippen molar-refractivity contribution >= 4 is 17.5 Å². The fourth-order valence-corrected chi connectivity index (χ4v) is 3.48. The van der Waals surface area contributed by atoms with Crippen LogP contribution >= 0.6 is 0 Å². The van der Waals surface area contributed by atoms with Gasteiger partial charge in [-0.25, -0.2) is 0 Å². The number of nitrogens with zero attached hydrogens (tertiary/aromatic N) is 2. The number of anilines is 1. The zero-order valence-electron chi connectivity index (χ0n) is 16.3. The van der Waals surface area contributed by atoms with Crippen LogP contribution in [0, 0.1) is 5.92 Å². The molecule has 2 aromatic heterocycles. The Morgan fingerprint density at radius 3 is 2.68 bits per heavy atom. The maximum absolute atomic E-state index is 13.1. The number of carbonyl (C=O) groups excluding carboxylic acids is 2. The van der Waals surface area contributed by atoms with Gasteiger partial charge in [0, 0.05) is 24.0 Å². The normalized spacial score (nSPS) is 23.2. The first kappa shape index (κ1) is 19.8. The molecule has 1 aliphatic rings. The Labute approximate surface area is 163 Å². The molecule has 0 aromatic carbocycles. The lowest BCUT2D eigenvalue weighted by atomic mass is 9.80. The molecule has 2 amide bonds. The number of ether oxygens (including phenoxy) is 2. The predicted octanol–water partition coefficient (Wildman–Crippen LogP) is 2.12. The highest BCUT2D eigenvalue weighted by atomic mass is 16.5. The zero-order valence-corrected chi connectivity index (χ0v) is 16.3. The minimum atomic E-state index is -0.779. The monoisotopic (exact) mass is 384 g/mol. The molecule has 0 spiro atoms. The third-order valence-corrected chi connectivity index (χ3v) is 5.27. The smallest absolute Gasteiger partial charge is 0.267 e. The molecule has 8 nitrogen and oxygen atoms in total. The number of hydrogen-bond acceptors (Lipinski definition) is 6. The molecule has 148 valence electrons. The molecular weight excluding hydrogens is 360 g/mol. The van der Waals surface area contributed by atoms with Crippen molar-refractivity contribution in [2.75, 3.05) is 12.4 Å². The van der Waals surface area contributed by atoms with Crippen molar-refractivity contribution in [3.05, 3.63) is 48.0 Å². The van der Waals surface area contributed by atoms with Crippen molar-refractivity contribution < 1.29 is 19.1 Å². The highest BCUT2D eigenvalue weighted by molar-refractivity contribution is 5.97. The van der Waals surface area contributed by atoms with Crippen LogP contribution in [0.4, 0.5) is 5.69 Å². The van der Waals surface area contributed by atoms with E-state index < -0.39 is 17.6 Å². The summed E-state index contributed by atoms with van der Waals surface area (Å²) in [7, 11) is 1.57. The van der Waals surface area contributed by atoms with Gasteiger partial charge >= 0.3 is 0 Å². The number of primary amides is 1. The van der Waals surface area contributed by atoms with Gasteiger partial charge in [-0.05, 0) is 44.0 Å². The molecule has 8 heteroatoms. The van der Waals surface area contributed by atoms with Crippen molar-refractivity contribution in [1.82, 2.24) is 9.97 Å². The number of hydrogen-bond donors (Lipinski definition) is 2. The number of amides is 2. The largest absolute Gasteiger partial charge is 0.495 e. The number of rotatable bonds is 5. The van der Waals surface area contributed by atoms with Gasteiger partial charge < -0.3 is 20.5 Å². The van der Waals surface area contributed by atoms with Crippen molar-refractivity contribution in [1.29, 1.82) is 0 Å². The summed E-state index contributed by atoms with van der Waals surface area (Å²) in [6.07, 6.45) is 2.31. The van der Waals surface area contributed by atoms with Crippen LogP contribution in [0.2, 0.25) is 0 Å². The molecule has 0 saturated carbocycles. The summed E-state index contributed by atoms with van der Waals surface area (Å²) in [4.78, 5) is 32.8. The average Bonchev–Trinajstić information content (AvgIpc) is 2.91. The van der Waals surface area contributed by atoms with E-state index in [1.165, 1.54) is 12.3 Å². The average molecular weight is 384 g/mol. The molecule has 1 aliphatic heterocycles. The Kier molecular flexibility index (Phi) is 5.33. The van der Waals surface area contributed by atoms with Crippen LogP contribution in [0.15, 0.2) is 36.7 Å². The highest BCUT2D eigenvalue weighted by Gasteiger charge is 2.52. The van der Waals surface area contributed by atoms with E-state index in [0.717, 1.165) is 0 Å². The molecule has 28 heavy (non-hydrogen) atoms. The van der Waals surface area contributed by atoms with E-state index in [0.29, 0.717) is 17.1 Å². The van der Waals surface area contributed by atoms with Gasteiger partial charge in [-0.1, -0.05) is 6.92 Å². The first-order valence-corrected chi connectivity index (χ1v) is 8.98. The van der Waals surface area contributed by atoms with Gasteiger partial charge in [0.1, 0.15) is 17.5 Å². The number of carbonyl (C=O) groups is 2. The fourth-order valence-electron chi connectivity index (χ4n) is 3.48. The van der Waals surface area contributed by atoms with Crippen LogP contribution in [0.25, 0.3) is 0 Å². The molecule has 1 saturated heterocycles. The minimum Gasteiger partial charge on any atom is -0.495 e. The van der Waals surface area contributed by atoms with Crippen LogP contribution in [-0.2, 0) is 9.53 Å². The molecule has 1 fully saturated rings. The quantitative estimate of drug-likeness (QED) is 0.816. The second kappa shape index (κ2) is 7.55. The van der Waals surface area contributed by atoms with E-state index in [9.17, 15) is 9.59 Å². The van der Waals surface area contributed by atoms with E-state index in [2.05, 4.69) is 15.3 Å². The van der Waals surface area contributed by atoms with Gasteiger partial charge in [-0.15, -0.1) is 0 Å². The van der Waals surface area contributed by atoms with Gasteiger partial charge in [-0.3, -0.25) is 19.6 Å². The van der Waals surface area contributed by atoms with Crippen molar-refractivity contribution in [3.8, 4) is 5.75 Å². The molecule has 0 bridgehead atoms. The topological polar surface area (TPSA) is 116 Å². The number of aromatic nitrogens is 2. The molecule has 3 heterocycles. The SMILES string of the molecule is COc1cccnc1[C@@H]1[C@@H](C(=O)Nc2ccnc(C(N)=O)c2)OC(C)(C)[C@@H]1C. The summed E-state index contributed by atoms with van der Waals surface area (Å²) >= 11 is 0. The van der Waals surface area contributed by atoms with Gasteiger partial charge in [0.25, 0.3) is 11.8 Å². The minimum absolute atomic E-state index is 0.00525. The summed E-state index contributed by atoms with van der Waals surface area (Å²) in [6, 6.07) is 6.62. The van der Waals surface area contributed by atoms with Crippen LogP contribution < -0.4 is 15.8 Å². The third kappa shape index (κ3) is 3.68. The van der Waals surface area contributed by atoms with E-state index >= 15 is 0 Å². The molecular formula is C20H24N4O4. The first-order chi connectivity index (χ1) is 13.2. The molecule has 0 radical (unpaired) electrons. The highest BCUT2D eigenvalue weighted by Crippen LogP contribution is 2.47. The number of methoxy groups -OCH3 is 1. The second-order valence-electron chi connectivity index (χ2n) is 7.33. The van der Waals surface area contributed by atoms with E-state index in [1.54, 1.807) is 25.4 Å². The molecule has 3 rings (SSSR count). The Hall–Kier alpha value is -3.00. The number of nitrogens with two attached hydrogens (primary N) is 1. The van der Waals surface area contributed by atoms with Gasteiger partial charge in [0.15, 0.2) is 0 Å². The Balaban J connectivity index is 1.93. The lowest BCUT2D eigenvalue weighted by Gasteiger charge is -2.24. The zero-order chi connectivity index (χ0) is 20.5. The van der Waals surface area contributed by atoms with Crippen LogP contribution in [0.1, 0.15) is 42.9 Å². The van der Waals surface area contributed by atoms with Crippen molar-refractivity contribution in [3.63, 3.8) is 0 Å². The van der Waals surface area contributed by atoms with Crippen molar-refractivity contribution in [2.45, 2.75) is 38.4 Å². The van der Waals surface area contributed by atoms with Crippen LogP contribution in [0.3, 0.4) is 0 Å². The van der Waals surface area contributed by atoms with E-state index in [-0.39, 0.29) is 23.4 Å². The maximum atomic E-state index is 13.1. The summed E-state index contributed by atoms with van der Waals surface area (Å²) in [5.41, 5.74) is 5.89. The Morgan fingerprint density at radius 2 is 2.00 bits per heavy atom.